The van der Waals surface area contributed by atoms with Crippen molar-refractivity contribution in [1.82, 2.24) is 10.3 Å². The highest BCUT2D eigenvalue weighted by atomic mass is 16.5. The van der Waals surface area contributed by atoms with Crippen LogP contribution in [0.1, 0.15) is 30.9 Å². The Labute approximate surface area is 102 Å². The van der Waals surface area contributed by atoms with Crippen molar-refractivity contribution in [1.29, 1.82) is 0 Å². The summed E-state index contributed by atoms with van der Waals surface area (Å²) in [6.45, 7) is 0. The van der Waals surface area contributed by atoms with E-state index in [4.69, 9.17) is 10.5 Å². The average Bonchev–Trinajstić information content (AvgIpc) is 2.95. The molecule has 0 amide bonds. The van der Waals surface area contributed by atoms with Gasteiger partial charge < -0.3 is 15.8 Å². The molecule has 2 bridgehead atoms. The summed E-state index contributed by atoms with van der Waals surface area (Å²) in [6.07, 6.45) is 6.16. The van der Waals surface area contributed by atoms with E-state index in [1.165, 1.54) is 12.8 Å². The Hall–Kier alpha value is -1.13. The minimum atomic E-state index is 0.263. The Bertz CT molecular complexity index is 409. The van der Waals surface area contributed by atoms with Crippen LogP contribution >= 0.6 is 0 Å². The number of pyridine rings is 1. The first kappa shape index (κ1) is 11.0. The number of fused-ring (bicyclic) bond motifs is 2. The fourth-order valence-corrected chi connectivity index (χ4v) is 3.32. The van der Waals surface area contributed by atoms with Crippen molar-refractivity contribution >= 4 is 5.82 Å². The molecule has 4 atom stereocenters. The number of aromatic nitrogens is 1. The predicted octanol–water partition coefficient (Wildman–Crippen LogP) is 1.49. The summed E-state index contributed by atoms with van der Waals surface area (Å²) in [7, 11) is 1.99. The van der Waals surface area contributed by atoms with Gasteiger partial charge in [0, 0.05) is 23.7 Å². The van der Waals surface area contributed by atoms with E-state index in [9.17, 15) is 0 Å². The molecule has 1 aromatic heterocycles. The Morgan fingerprint density at radius 1 is 1.53 bits per heavy atom. The van der Waals surface area contributed by atoms with Gasteiger partial charge in [0.25, 0.3) is 0 Å². The van der Waals surface area contributed by atoms with Gasteiger partial charge in [-0.25, -0.2) is 4.98 Å². The second-order valence-corrected chi connectivity index (χ2v) is 5.02. The quantitative estimate of drug-likeness (QED) is 0.830. The van der Waals surface area contributed by atoms with E-state index in [2.05, 4.69) is 16.4 Å². The minimum Gasteiger partial charge on any atom is -0.383 e. The summed E-state index contributed by atoms with van der Waals surface area (Å²) in [5.74, 6) is 1.17. The topological polar surface area (TPSA) is 60.2 Å². The molecule has 0 radical (unpaired) electrons. The minimum absolute atomic E-state index is 0.263. The first-order chi connectivity index (χ1) is 8.29. The lowest BCUT2D eigenvalue weighted by molar-refractivity contribution is 0.0863. The number of anilines is 1. The van der Waals surface area contributed by atoms with E-state index in [-0.39, 0.29) is 6.04 Å². The molecule has 92 valence electrons. The lowest BCUT2D eigenvalue weighted by Gasteiger charge is -2.28. The molecule has 0 saturated carbocycles. The van der Waals surface area contributed by atoms with Crippen LogP contribution in [0.4, 0.5) is 5.82 Å². The molecule has 0 spiro atoms. The maximum absolute atomic E-state index is 5.97. The van der Waals surface area contributed by atoms with Crippen molar-refractivity contribution in [2.75, 3.05) is 12.8 Å². The van der Waals surface area contributed by atoms with Crippen molar-refractivity contribution in [2.24, 2.45) is 5.92 Å². The van der Waals surface area contributed by atoms with E-state index in [0.717, 1.165) is 12.0 Å². The van der Waals surface area contributed by atoms with Crippen molar-refractivity contribution < 1.29 is 4.74 Å². The zero-order valence-corrected chi connectivity index (χ0v) is 10.1. The fraction of sp³-hybridized carbons (Fsp3) is 0.615. The predicted molar refractivity (Wildman–Crippen MR) is 66.5 cm³/mol. The number of hydrogen-bond acceptors (Lipinski definition) is 4. The molecule has 3 heterocycles. The van der Waals surface area contributed by atoms with Gasteiger partial charge in [0.05, 0.1) is 12.2 Å². The monoisotopic (exact) mass is 233 g/mol. The molecule has 1 aromatic rings. The van der Waals surface area contributed by atoms with Gasteiger partial charge in [-0.3, -0.25) is 0 Å². The average molecular weight is 233 g/mol. The molecule has 2 aliphatic heterocycles. The maximum Gasteiger partial charge on any atom is 0.128 e. The van der Waals surface area contributed by atoms with Gasteiger partial charge in [0.15, 0.2) is 0 Å². The summed E-state index contributed by atoms with van der Waals surface area (Å²) >= 11 is 0. The zero-order chi connectivity index (χ0) is 11.8. The molecule has 0 aliphatic carbocycles. The lowest BCUT2D eigenvalue weighted by atomic mass is 9.81. The Morgan fingerprint density at radius 2 is 2.41 bits per heavy atom. The summed E-state index contributed by atoms with van der Waals surface area (Å²) in [5.41, 5.74) is 7.08. The van der Waals surface area contributed by atoms with Crippen molar-refractivity contribution in [2.45, 2.75) is 37.5 Å². The Balaban J connectivity index is 1.87. The third-order valence-electron chi connectivity index (χ3n) is 4.10. The van der Waals surface area contributed by atoms with E-state index < -0.39 is 0 Å². The SMILES string of the molecule is CNC(c1cccnc1N)C1CC2CCC1O2. The van der Waals surface area contributed by atoms with Crippen LogP contribution in [-0.4, -0.2) is 24.2 Å². The second kappa shape index (κ2) is 4.27. The third-order valence-corrected chi connectivity index (χ3v) is 4.10. The maximum atomic E-state index is 5.97. The summed E-state index contributed by atoms with van der Waals surface area (Å²) in [6, 6.07) is 4.28. The zero-order valence-electron chi connectivity index (χ0n) is 10.1. The molecule has 3 rings (SSSR count). The molecular formula is C13H19N3O. The van der Waals surface area contributed by atoms with E-state index in [0.29, 0.717) is 23.9 Å². The second-order valence-electron chi connectivity index (χ2n) is 5.02. The number of ether oxygens (including phenoxy) is 1. The first-order valence-electron chi connectivity index (χ1n) is 6.32. The van der Waals surface area contributed by atoms with Crippen molar-refractivity contribution in [3.05, 3.63) is 23.9 Å². The summed E-state index contributed by atoms with van der Waals surface area (Å²) in [4.78, 5) is 4.18. The smallest absolute Gasteiger partial charge is 0.128 e. The molecule has 17 heavy (non-hydrogen) atoms. The standard InChI is InChI=1S/C13H19N3O/c1-15-12(9-3-2-6-16-13(9)14)10-7-8-4-5-11(10)17-8/h2-3,6,8,10-12,15H,4-5,7H2,1H3,(H2,14,16). The van der Waals surface area contributed by atoms with Gasteiger partial charge in [-0.05, 0) is 32.4 Å². The third kappa shape index (κ3) is 1.81. The van der Waals surface area contributed by atoms with Crippen LogP contribution in [0.25, 0.3) is 0 Å². The van der Waals surface area contributed by atoms with Crippen LogP contribution in [0.5, 0.6) is 0 Å². The number of rotatable bonds is 3. The van der Waals surface area contributed by atoms with Gasteiger partial charge in [-0.15, -0.1) is 0 Å². The lowest BCUT2D eigenvalue weighted by Crippen LogP contribution is -2.32. The van der Waals surface area contributed by atoms with Gasteiger partial charge in [-0.2, -0.15) is 0 Å². The summed E-state index contributed by atoms with van der Waals surface area (Å²) < 4.78 is 5.93. The van der Waals surface area contributed by atoms with Gasteiger partial charge in [0.2, 0.25) is 0 Å². The fourth-order valence-electron chi connectivity index (χ4n) is 3.32. The molecule has 3 N–H and O–H groups in total. The molecule has 2 fully saturated rings. The van der Waals surface area contributed by atoms with Gasteiger partial charge >= 0.3 is 0 Å². The highest BCUT2D eigenvalue weighted by Gasteiger charge is 2.44. The largest absolute Gasteiger partial charge is 0.383 e. The van der Waals surface area contributed by atoms with Crippen LogP contribution in [-0.2, 0) is 4.74 Å². The molecule has 4 unspecified atom stereocenters. The van der Waals surface area contributed by atoms with E-state index in [1.807, 2.05) is 13.1 Å². The van der Waals surface area contributed by atoms with Crippen LogP contribution in [0.3, 0.4) is 0 Å². The first-order valence-corrected chi connectivity index (χ1v) is 6.32. The van der Waals surface area contributed by atoms with Crippen LogP contribution in [0, 0.1) is 5.92 Å². The Kier molecular flexibility index (Phi) is 2.76. The highest BCUT2D eigenvalue weighted by Crippen LogP contribution is 2.45. The van der Waals surface area contributed by atoms with Crippen LogP contribution < -0.4 is 11.1 Å². The summed E-state index contributed by atoms with van der Waals surface area (Å²) in [5, 5.41) is 3.39. The van der Waals surface area contributed by atoms with Crippen LogP contribution in [0.15, 0.2) is 18.3 Å². The molecule has 0 aromatic carbocycles. The van der Waals surface area contributed by atoms with Gasteiger partial charge in [0.1, 0.15) is 5.82 Å². The highest BCUT2D eigenvalue weighted by molar-refractivity contribution is 5.41. The Morgan fingerprint density at radius 3 is 3.00 bits per heavy atom. The molecule has 4 nitrogen and oxygen atoms in total. The number of nitrogens with one attached hydrogen (secondary N) is 1. The number of nitrogens with zero attached hydrogens (tertiary/aromatic N) is 1. The van der Waals surface area contributed by atoms with Gasteiger partial charge in [-0.1, -0.05) is 6.07 Å². The van der Waals surface area contributed by atoms with Crippen molar-refractivity contribution in [3.63, 3.8) is 0 Å². The molecule has 2 aliphatic rings. The molecule has 2 saturated heterocycles. The molecular weight excluding hydrogens is 214 g/mol. The normalized spacial score (nSPS) is 32.9. The van der Waals surface area contributed by atoms with Crippen molar-refractivity contribution in [3.8, 4) is 0 Å². The van der Waals surface area contributed by atoms with E-state index >= 15 is 0 Å². The van der Waals surface area contributed by atoms with Crippen LogP contribution in [0.2, 0.25) is 0 Å². The number of nitrogens with two attached hydrogens (primary N) is 1. The van der Waals surface area contributed by atoms with E-state index in [1.54, 1.807) is 6.20 Å². The number of hydrogen-bond donors (Lipinski definition) is 2. The molecule has 4 heteroatoms. The number of nitrogen functional groups attached to an aromatic ring is 1.